The van der Waals surface area contributed by atoms with Crippen molar-refractivity contribution in [2.24, 2.45) is 0 Å². The van der Waals surface area contributed by atoms with Crippen LogP contribution in [-0.2, 0) is 6.42 Å². The zero-order valence-corrected chi connectivity index (χ0v) is 27.3. The van der Waals surface area contributed by atoms with Crippen molar-refractivity contribution in [3.8, 4) is 55.6 Å². The predicted octanol–water partition coefficient (Wildman–Crippen LogP) is 13.4. The molecule has 0 saturated heterocycles. The van der Waals surface area contributed by atoms with E-state index in [1.54, 1.807) is 0 Å². The molecular weight excluding hydrogens is 603 g/mol. The molecule has 8 aromatic rings. The molecule has 0 spiro atoms. The first-order chi connectivity index (χ1) is 26.8. The molecule has 1 heteroatoms. The molecule has 1 aliphatic carbocycles. The van der Waals surface area contributed by atoms with E-state index in [2.05, 4.69) is 132 Å². The van der Waals surface area contributed by atoms with Crippen LogP contribution < -0.4 is 4.90 Å². The van der Waals surface area contributed by atoms with Crippen molar-refractivity contribution in [2.75, 3.05) is 4.90 Å². The Balaban J connectivity index is 1.04. The van der Waals surface area contributed by atoms with Crippen molar-refractivity contribution >= 4 is 17.1 Å². The van der Waals surface area contributed by atoms with Crippen molar-refractivity contribution < 1.29 is 6.85 Å². The maximum absolute atomic E-state index is 8.49. The van der Waals surface area contributed by atoms with Gasteiger partial charge in [0.15, 0.2) is 0 Å². The van der Waals surface area contributed by atoms with Gasteiger partial charge in [-0.3, -0.25) is 0 Å². The summed E-state index contributed by atoms with van der Waals surface area (Å²) in [7, 11) is 0. The van der Waals surface area contributed by atoms with Crippen LogP contribution in [0.25, 0.3) is 55.6 Å². The summed E-state index contributed by atoms with van der Waals surface area (Å²) in [6, 6.07) is 57.5. The second-order valence-corrected chi connectivity index (χ2v) is 12.6. The molecule has 0 aliphatic heterocycles. The van der Waals surface area contributed by atoms with Crippen LogP contribution in [-0.4, -0.2) is 0 Å². The van der Waals surface area contributed by atoms with Crippen molar-refractivity contribution in [3.63, 3.8) is 0 Å². The molecular formula is C49H35N. The van der Waals surface area contributed by atoms with Crippen LogP contribution in [0, 0.1) is 0 Å². The lowest BCUT2D eigenvalue weighted by Crippen LogP contribution is -2.09. The molecule has 236 valence electrons. The Morgan fingerprint density at radius 1 is 0.340 bits per heavy atom. The van der Waals surface area contributed by atoms with Gasteiger partial charge in [-0.25, -0.2) is 0 Å². The predicted molar refractivity (Wildman–Crippen MR) is 211 cm³/mol. The second kappa shape index (κ2) is 12.9. The summed E-state index contributed by atoms with van der Waals surface area (Å²) >= 11 is 0. The van der Waals surface area contributed by atoms with Gasteiger partial charge in [0, 0.05) is 17.1 Å². The van der Waals surface area contributed by atoms with Crippen molar-refractivity contribution in [2.45, 2.75) is 6.42 Å². The molecule has 0 atom stereocenters. The monoisotopic (exact) mass is 642 g/mol. The Morgan fingerprint density at radius 2 is 0.760 bits per heavy atom. The lowest BCUT2D eigenvalue weighted by atomic mass is 9.96. The average Bonchev–Trinajstić information content (AvgIpc) is 3.62. The van der Waals surface area contributed by atoms with E-state index in [0.29, 0.717) is 5.56 Å². The first-order valence-corrected chi connectivity index (χ1v) is 16.9. The van der Waals surface area contributed by atoms with Gasteiger partial charge in [0.05, 0.1) is 6.85 Å². The van der Waals surface area contributed by atoms with Crippen LogP contribution in [0.1, 0.15) is 18.0 Å². The highest BCUT2D eigenvalue weighted by molar-refractivity contribution is 5.83. The Morgan fingerprint density at radius 3 is 1.34 bits per heavy atom. The lowest BCUT2D eigenvalue weighted by molar-refractivity contribution is 1.26. The summed E-state index contributed by atoms with van der Waals surface area (Å²) in [6.07, 6.45) is 0.991. The zero-order valence-electron chi connectivity index (χ0n) is 32.3. The first-order valence-electron chi connectivity index (χ1n) is 19.4. The molecule has 9 rings (SSSR count). The summed E-state index contributed by atoms with van der Waals surface area (Å²) in [5.41, 5.74) is 15.9. The summed E-state index contributed by atoms with van der Waals surface area (Å²) in [6.45, 7) is 0. The van der Waals surface area contributed by atoms with Gasteiger partial charge in [0.2, 0.25) is 0 Å². The highest BCUT2D eigenvalue weighted by Gasteiger charge is 2.18. The fraction of sp³-hybridized carbons (Fsp3) is 0.0204. The second-order valence-electron chi connectivity index (χ2n) is 12.6. The maximum atomic E-state index is 8.49. The molecule has 8 aromatic carbocycles. The normalized spacial score (nSPS) is 12.9. The van der Waals surface area contributed by atoms with Gasteiger partial charge >= 0.3 is 0 Å². The molecule has 0 amide bonds. The van der Waals surface area contributed by atoms with Crippen LogP contribution in [0.2, 0.25) is 0 Å². The fourth-order valence-corrected chi connectivity index (χ4v) is 7.01. The Bertz CT molecular complexity index is 2660. The molecule has 0 heterocycles. The number of fused-ring (bicyclic) bond motifs is 3. The SMILES string of the molecule is [2H]c1c([2H])c([2H])c(-c2ccc(N(c3ccc(-c4ccccc4)cc3)c3ccc(-c4ccc(-c5ccc6c(c5)-c5ccccc5C6)cc4)cc3)cc2)c([2H])c1[2H]. The van der Waals surface area contributed by atoms with Crippen LogP contribution in [0.4, 0.5) is 17.1 Å². The molecule has 1 nitrogen and oxygen atoms in total. The van der Waals surface area contributed by atoms with Gasteiger partial charge in [0.1, 0.15) is 0 Å². The van der Waals surface area contributed by atoms with E-state index in [9.17, 15) is 0 Å². The van der Waals surface area contributed by atoms with E-state index in [-0.39, 0.29) is 29.7 Å². The quantitative estimate of drug-likeness (QED) is 0.167. The summed E-state index contributed by atoms with van der Waals surface area (Å²) < 4.78 is 41.3. The topological polar surface area (TPSA) is 3.24 Å². The minimum Gasteiger partial charge on any atom is -0.311 e. The van der Waals surface area contributed by atoms with Crippen molar-refractivity contribution in [3.05, 3.63) is 211 Å². The van der Waals surface area contributed by atoms with Gasteiger partial charge in [-0.1, -0.05) is 158 Å². The zero-order chi connectivity index (χ0) is 37.6. The number of rotatable bonds is 7. The van der Waals surface area contributed by atoms with E-state index >= 15 is 0 Å². The van der Waals surface area contributed by atoms with E-state index < -0.39 is 6.04 Å². The fourth-order valence-electron chi connectivity index (χ4n) is 7.01. The Hall–Kier alpha value is -6.44. The van der Waals surface area contributed by atoms with E-state index in [0.717, 1.165) is 45.7 Å². The summed E-state index contributed by atoms with van der Waals surface area (Å²) in [5.74, 6) is 0. The number of nitrogens with zero attached hydrogens (tertiary/aromatic N) is 1. The van der Waals surface area contributed by atoms with Crippen LogP contribution >= 0.6 is 0 Å². The van der Waals surface area contributed by atoms with Crippen LogP contribution in [0.3, 0.4) is 0 Å². The van der Waals surface area contributed by atoms with Gasteiger partial charge in [0.25, 0.3) is 0 Å². The van der Waals surface area contributed by atoms with Gasteiger partial charge in [-0.2, -0.15) is 0 Å². The van der Waals surface area contributed by atoms with Gasteiger partial charge in [-0.05, 0) is 116 Å². The van der Waals surface area contributed by atoms with Crippen LogP contribution in [0.15, 0.2) is 200 Å². The summed E-state index contributed by atoms with van der Waals surface area (Å²) in [5, 5.41) is 0. The standard InChI is InChI=1S/C49H35N/c1-3-9-35(10-4-1)38-21-27-45(28-22-38)50(46-29-23-39(24-30-46)36-11-5-2-6-12-36)47-31-25-40(26-32-47)37-15-17-41(18-16-37)42-19-20-44-33-43-13-7-8-14-48(43)49(44)34-42/h1-32,34H,33H2/i1D,3D,4D,9D,10D. The number of hydrogen-bond acceptors (Lipinski definition) is 1. The number of hydrogen-bond donors (Lipinski definition) is 0. The molecule has 0 bridgehead atoms. The van der Waals surface area contributed by atoms with Crippen molar-refractivity contribution in [1.82, 2.24) is 0 Å². The molecule has 0 fully saturated rings. The Kier molecular flexibility index (Phi) is 6.35. The molecule has 0 N–H and O–H groups in total. The third-order valence-corrected chi connectivity index (χ3v) is 9.62. The smallest absolute Gasteiger partial charge is 0.0629 e. The molecule has 0 saturated carbocycles. The highest BCUT2D eigenvalue weighted by Crippen LogP contribution is 2.40. The van der Waals surface area contributed by atoms with E-state index in [1.165, 1.54) is 33.4 Å². The highest BCUT2D eigenvalue weighted by atomic mass is 15.1. The molecule has 0 aromatic heterocycles. The van der Waals surface area contributed by atoms with E-state index in [4.69, 9.17) is 6.85 Å². The van der Waals surface area contributed by atoms with Gasteiger partial charge < -0.3 is 4.90 Å². The largest absolute Gasteiger partial charge is 0.311 e. The third kappa shape index (κ3) is 5.70. The number of anilines is 3. The third-order valence-electron chi connectivity index (χ3n) is 9.62. The molecule has 1 aliphatic rings. The summed E-state index contributed by atoms with van der Waals surface area (Å²) in [4.78, 5) is 2.17. The lowest BCUT2D eigenvalue weighted by Gasteiger charge is -2.26. The van der Waals surface area contributed by atoms with Gasteiger partial charge in [-0.15, -0.1) is 0 Å². The number of benzene rings is 8. The molecule has 50 heavy (non-hydrogen) atoms. The minimum absolute atomic E-state index is 0.188. The van der Waals surface area contributed by atoms with E-state index in [1.807, 2.05) is 42.5 Å². The van der Waals surface area contributed by atoms with Crippen LogP contribution in [0.5, 0.6) is 0 Å². The average molecular weight is 643 g/mol. The maximum Gasteiger partial charge on any atom is 0.0629 e. The molecule has 0 radical (unpaired) electrons. The molecule has 0 unspecified atom stereocenters. The minimum atomic E-state index is -0.398. The Labute approximate surface area is 301 Å². The van der Waals surface area contributed by atoms with Crippen molar-refractivity contribution in [1.29, 1.82) is 0 Å². The first kappa shape index (κ1) is 24.7.